The van der Waals surface area contributed by atoms with Crippen molar-refractivity contribution in [3.05, 3.63) is 21.1 Å². The molecule has 0 unspecified atom stereocenters. The van der Waals surface area contributed by atoms with Crippen LogP contribution in [0.3, 0.4) is 0 Å². The van der Waals surface area contributed by atoms with Crippen molar-refractivity contribution in [2.45, 2.75) is 65.5 Å². The molecule has 0 spiro atoms. The van der Waals surface area contributed by atoms with Gasteiger partial charge < -0.3 is 8.85 Å². The molecule has 1 aromatic carbocycles. The first-order chi connectivity index (χ1) is 10.5. The van der Waals surface area contributed by atoms with Crippen LogP contribution in [0.15, 0.2) is 21.1 Å². The fourth-order valence-corrected chi connectivity index (χ4v) is 7.17. The summed E-state index contributed by atoms with van der Waals surface area (Å²) in [7, 11) is -6.11. The van der Waals surface area contributed by atoms with Gasteiger partial charge in [0.05, 0.1) is 24.1 Å². The summed E-state index contributed by atoms with van der Waals surface area (Å²) < 4.78 is 15.0. The van der Waals surface area contributed by atoms with Crippen LogP contribution < -0.4 is 8.85 Å². The van der Waals surface area contributed by atoms with Gasteiger partial charge in [-0.05, 0) is 70.2 Å². The molecule has 0 aliphatic rings. The first-order valence-corrected chi connectivity index (χ1v) is 24.8. The van der Waals surface area contributed by atoms with Crippen LogP contribution in [0.25, 0.3) is 0 Å². The van der Waals surface area contributed by atoms with E-state index in [9.17, 15) is 0 Å². The van der Waals surface area contributed by atoms with E-state index < -0.39 is 30.9 Å². The Morgan fingerprint density at radius 2 is 0.833 bits per heavy atom. The molecule has 1 rings (SSSR count). The Morgan fingerprint density at radius 1 is 0.583 bits per heavy atom. The minimum atomic E-state index is -1.73. The number of rotatable bonds is 6. The summed E-state index contributed by atoms with van der Waals surface area (Å²) in [4.78, 5) is 0. The van der Waals surface area contributed by atoms with E-state index in [1.54, 1.807) is 0 Å². The molecule has 24 heavy (non-hydrogen) atoms. The summed E-state index contributed by atoms with van der Waals surface area (Å²) in [5.41, 5.74) is 0. The zero-order chi connectivity index (χ0) is 19.1. The number of benzene rings is 1. The van der Waals surface area contributed by atoms with Gasteiger partial charge in [0.2, 0.25) is 15.7 Å². The van der Waals surface area contributed by atoms with E-state index in [4.69, 9.17) is 8.85 Å². The second-order valence-electron chi connectivity index (χ2n) is 9.44. The van der Waals surface area contributed by atoms with Crippen LogP contribution >= 0.6 is 31.9 Å². The van der Waals surface area contributed by atoms with Gasteiger partial charge in [-0.1, -0.05) is 39.3 Å². The van der Waals surface area contributed by atoms with Gasteiger partial charge >= 0.3 is 0 Å². The average Bonchev–Trinajstić information content (AvgIpc) is 2.31. The molecule has 0 radical (unpaired) electrons. The molecule has 0 fully saturated rings. The molecule has 0 aromatic heterocycles. The third-order valence-corrected chi connectivity index (χ3v) is 37.5. The van der Waals surface area contributed by atoms with Gasteiger partial charge in [0.15, 0.2) is 0 Å². The molecule has 0 bridgehead atoms. The summed E-state index contributed by atoms with van der Waals surface area (Å²) in [6.07, 6.45) is 0. The average molecular weight is 529 g/mol. The number of hydrogen-bond donors (Lipinski definition) is 0. The zero-order valence-electron chi connectivity index (χ0n) is 16.7. The quantitative estimate of drug-likeness (QED) is 0.363. The van der Waals surface area contributed by atoms with Crippen molar-refractivity contribution >= 4 is 62.7 Å². The molecule has 0 saturated heterocycles. The molecular weight excluding hydrogens is 496 g/mol. The molecule has 0 aliphatic heterocycles. The highest BCUT2D eigenvalue weighted by Gasteiger charge is 2.42. The molecule has 0 heterocycles. The molecule has 1 aromatic rings. The highest BCUT2D eigenvalue weighted by molar-refractivity contribution is 9.11. The van der Waals surface area contributed by atoms with Gasteiger partial charge in [0.1, 0.15) is 11.5 Å². The normalized spacial score (nSPS) is 13.8. The Labute approximate surface area is 168 Å². The fraction of sp³-hybridized carbons (Fsp3) is 0.625. The Balaban J connectivity index is 3.16. The maximum atomic E-state index is 6.52. The van der Waals surface area contributed by atoms with Crippen LogP contribution in [0.1, 0.15) is 0 Å². The molecule has 8 heteroatoms. The summed E-state index contributed by atoms with van der Waals surface area (Å²) in [6.45, 7) is 23.6. The monoisotopic (exact) mass is 526 g/mol. The van der Waals surface area contributed by atoms with Crippen LogP contribution in [0.4, 0.5) is 0 Å². The Bertz CT molecular complexity index is 552. The lowest BCUT2D eigenvalue weighted by molar-refractivity contribution is 0.546. The van der Waals surface area contributed by atoms with E-state index in [-0.39, 0.29) is 0 Å². The van der Waals surface area contributed by atoms with Gasteiger partial charge in [0, 0.05) is 0 Å². The number of halogens is 2. The third kappa shape index (κ3) is 5.32. The second-order valence-corrected chi connectivity index (χ2v) is 42.8. The van der Waals surface area contributed by atoms with Gasteiger partial charge in [-0.25, -0.2) is 0 Å². The van der Waals surface area contributed by atoms with Gasteiger partial charge in [-0.2, -0.15) is 0 Å². The van der Waals surface area contributed by atoms with Crippen LogP contribution in [-0.4, -0.2) is 30.9 Å². The van der Waals surface area contributed by atoms with Crippen LogP contribution in [-0.2, 0) is 0 Å². The van der Waals surface area contributed by atoms with E-state index in [0.717, 1.165) is 20.4 Å². The summed E-state index contributed by atoms with van der Waals surface area (Å²) in [5, 5.41) is 0. The molecule has 0 atom stereocenters. The topological polar surface area (TPSA) is 18.5 Å². The van der Waals surface area contributed by atoms with Gasteiger partial charge in [-0.15, -0.1) is 0 Å². The van der Waals surface area contributed by atoms with Crippen molar-refractivity contribution in [3.8, 4) is 11.5 Å². The van der Waals surface area contributed by atoms with Crippen LogP contribution in [0, 0.1) is 0 Å². The lowest BCUT2D eigenvalue weighted by atomic mass is 10.3. The van der Waals surface area contributed by atoms with Crippen molar-refractivity contribution in [3.63, 3.8) is 0 Å². The van der Waals surface area contributed by atoms with Crippen molar-refractivity contribution in [2.24, 2.45) is 0 Å². The van der Waals surface area contributed by atoms with Crippen molar-refractivity contribution in [1.82, 2.24) is 0 Å². The Kier molecular flexibility index (Phi) is 6.94. The Hall–Kier alpha value is 0.648. The molecule has 0 saturated carbocycles. The van der Waals surface area contributed by atoms with Crippen molar-refractivity contribution in [2.75, 3.05) is 0 Å². The largest absolute Gasteiger partial charge is 0.546 e. The van der Waals surface area contributed by atoms with Gasteiger partial charge in [-0.3, -0.25) is 0 Å². The predicted molar refractivity (Wildman–Crippen MR) is 125 cm³/mol. The standard InChI is InChI=1S/C16H32Br2O2Si4/c1-21(2,3)23(7,8)19-15-11-14(18)16(12-13(15)17)20-24(9,10)22(4,5)6/h11-12H,1-10H3. The van der Waals surface area contributed by atoms with E-state index >= 15 is 0 Å². The lowest BCUT2D eigenvalue weighted by Crippen LogP contribution is -2.57. The summed E-state index contributed by atoms with van der Waals surface area (Å²) in [5.74, 6) is 1.86. The maximum Gasteiger partial charge on any atom is 0.228 e. The number of hydrogen-bond acceptors (Lipinski definition) is 2. The highest BCUT2D eigenvalue weighted by Crippen LogP contribution is 2.40. The minimum Gasteiger partial charge on any atom is -0.546 e. The molecule has 0 N–H and O–H groups in total. The summed E-state index contributed by atoms with van der Waals surface area (Å²) in [6, 6.07) is 4.14. The third-order valence-electron chi connectivity index (χ3n) is 5.33. The first-order valence-electron chi connectivity index (χ1n) is 8.35. The molecular formula is C16H32Br2O2Si4. The lowest BCUT2D eigenvalue weighted by Gasteiger charge is -2.37. The van der Waals surface area contributed by atoms with Crippen molar-refractivity contribution < 1.29 is 8.85 Å². The zero-order valence-corrected chi connectivity index (χ0v) is 23.9. The molecule has 0 amide bonds. The fourth-order valence-electron chi connectivity index (χ4n) is 1.52. The van der Waals surface area contributed by atoms with Crippen LogP contribution in [0.5, 0.6) is 11.5 Å². The SMILES string of the molecule is C[Si](C)(C)[Si](C)(C)Oc1cc(Br)c(O[Si](C)(C)[Si](C)(C)C)cc1Br. The molecule has 2 nitrogen and oxygen atoms in total. The van der Waals surface area contributed by atoms with E-state index in [1.165, 1.54) is 0 Å². The van der Waals surface area contributed by atoms with E-state index in [0.29, 0.717) is 0 Å². The van der Waals surface area contributed by atoms with E-state index in [2.05, 4.69) is 109 Å². The predicted octanol–water partition coefficient (Wildman–Crippen LogP) is 7.21. The molecule has 138 valence electrons. The van der Waals surface area contributed by atoms with E-state index in [1.807, 2.05) is 0 Å². The van der Waals surface area contributed by atoms with Crippen molar-refractivity contribution in [1.29, 1.82) is 0 Å². The second kappa shape index (κ2) is 7.34. The van der Waals surface area contributed by atoms with Crippen LogP contribution in [0.2, 0.25) is 65.5 Å². The first kappa shape index (κ1) is 22.7. The smallest absolute Gasteiger partial charge is 0.228 e. The molecule has 0 aliphatic carbocycles. The maximum absolute atomic E-state index is 6.52. The Morgan fingerprint density at radius 3 is 1.04 bits per heavy atom. The highest BCUT2D eigenvalue weighted by atomic mass is 79.9. The van der Waals surface area contributed by atoms with Gasteiger partial charge in [0.25, 0.3) is 0 Å². The minimum absolute atomic E-state index is 0.931. The summed E-state index contributed by atoms with van der Waals surface area (Å²) >= 11 is 7.39.